The van der Waals surface area contributed by atoms with Crippen molar-refractivity contribution in [3.8, 4) is 0 Å². The highest BCUT2D eigenvalue weighted by atomic mass is 32.2. The van der Waals surface area contributed by atoms with Crippen molar-refractivity contribution in [3.05, 3.63) is 12.2 Å². The largest absolute Gasteiger partial charge is 0.327 e. The van der Waals surface area contributed by atoms with Crippen LogP contribution in [0.5, 0.6) is 0 Å². The van der Waals surface area contributed by atoms with Crippen LogP contribution in [-0.2, 0) is 0 Å². The second-order valence-corrected chi connectivity index (χ2v) is 3.74. The summed E-state index contributed by atoms with van der Waals surface area (Å²) in [6, 6.07) is 0. The molecule has 0 aliphatic heterocycles. The SMILES string of the molecule is CN(C)CCSC/C=C/CN. The molecule has 0 aromatic carbocycles. The third kappa shape index (κ3) is 10.0. The lowest BCUT2D eigenvalue weighted by atomic mass is 10.5. The third-order valence-corrected chi connectivity index (χ3v) is 2.10. The van der Waals surface area contributed by atoms with Gasteiger partial charge in [0.15, 0.2) is 0 Å². The summed E-state index contributed by atoms with van der Waals surface area (Å²) in [7, 11) is 4.19. The van der Waals surface area contributed by atoms with E-state index in [1.807, 2.05) is 17.8 Å². The molecule has 2 nitrogen and oxygen atoms in total. The molecule has 0 spiro atoms. The lowest BCUT2D eigenvalue weighted by molar-refractivity contribution is 0.437. The van der Waals surface area contributed by atoms with E-state index in [1.165, 1.54) is 5.75 Å². The van der Waals surface area contributed by atoms with Crippen LogP contribution in [0.15, 0.2) is 12.2 Å². The molecule has 0 aromatic heterocycles. The molecule has 3 heteroatoms. The number of nitrogens with two attached hydrogens (primary N) is 1. The summed E-state index contributed by atoms with van der Waals surface area (Å²) < 4.78 is 0. The molecule has 0 aromatic rings. The van der Waals surface area contributed by atoms with Gasteiger partial charge in [0.1, 0.15) is 0 Å². The van der Waals surface area contributed by atoms with E-state index in [0.29, 0.717) is 6.54 Å². The number of thioether (sulfide) groups is 1. The molecule has 0 aliphatic carbocycles. The molecule has 0 saturated carbocycles. The van der Waals surface area contributed by atoms with Crippen LogP contribution in [-0.4, -0.2) is 43.6 Å². The second kappa shape index (κ2) is 8.11. The lowest BCUT2D eigenvalue weighted by Crippen LogP contribution is -2.14. The topological polar surface area (TPSA) is 29.3 Å². The van der Waals surface area contributed by atoms with Gasteiger partial charge in [0.25, 0.3) is 0 Å². The Balaban J connectivity index is 2.96. The first kappa shape index (κ1) is 11.0. The van der Waals surface area contributed by atoms with Gasteiger partial charge >= 0.3 is 0 Å². The highest BCUT2D eigenvalue weighted by molar-refractivity contribution is 7.99. The van der Waals surface area contributed by atoms with Gasteiger partial charge in [-0.1, -0.05) is 12.2 Å². The maximum absolute atomic E-state index is 5.29. The molecule has 0 unspecified atom stereocenters. The zero-order chi connectivity index (χ0) is 8.53. The van der Waals surface area contributed by atoms with Crippen molar-refractivity contribution in [2.24, 2.45) is 5.73 Å². The normalized spacial score (nSPS) is 11.6. The average molecular weight is 174 g/mol. The molecule has 0 saturated heterocycles. The Bertz CT molecular complexity index is 102. The molecule has 0 amide bonds. The molecule has 11 heavy (non-hydrogen) atoms. The van der Waals surface area contributed by atoms with Crippen LogP contribution in [0.2, 0.25) is 0 Å². The van der Waals surface area contributed by atoms with Crippen molar-refractivity contribution in [1.82, 2.24) is 4.90 Å². The molecule has 0 aliphatic rings. The van der Waals surface area contributed by atoms with Crippen molar-refractivity contribution >= 4 is 11.8 Å². The molecule has 0 radical (unpaired) electrons. The summed E-state index contributed by atoms with van der Waals surface area (Å²) in [4.78, 5) is 2.19. The fourth-order valence-corrected chi connectivity index (χ4v) is 1.50. The van der Waals surface area contributed by atoms with Crippen molar-refractivity contribution < 1.29 is 0 Å². The van der Waals surface area contributed by atoms with E-state index in [4.69, 9.17) is 5.73 Å². The van der Waals surface area contributed by atoms with Gasteiger partial charge in [0, 0.05) is 24.6 Å². The zero-order valence-corrected chi connectivity index (χ0v) is 8.23. The zero-order valence-electron chi connectivity index (χ0n) is 7.42. The van der Waals surface area contributed by atoms with E-state index >= 15 is 0 Å². The van der Waals surface area contributed by atoms with Crippen molar-refractivity contribution in [2.75, 3.05) is 38.7 Å². The summed E-state index contributed by atoms with van der Waals surface area (Å²) in [6.07, 6.45) is 4.13. The molecule has 0 fully saturated rings. The van der Waals surface area contributed by atoms with Crippen LogP contribution < -0.4 is 5.73 Å². The Labute approximate surface area is 73.8 Å². The third-order valence-electron chi connectivity index (χ3n) is 1.20. The number of nitrogens with zero attached hydrogens (tertiary/aromatic N) is 1. The van der Waals surface area contributed by atoms with E-state index in [0.717, 1.165) is 12.3 Å². The van der Waals surface area contributed by atoms with Crippen LogP contribution in [0.25, 0.3) is 0 Å². The quantitative estimate of drug-likeness (QED) is 0.477. The van der Waals surface area contributed by atoms with Gasteiger partial charge in [-0.15, -0.1) is 0 Å². The molecular weight excluding hydrogens is 156 g/mol. The van der Waals surface area contributed by atoms with E-state index in [1.54, 1.807) is 0 Å². The van der Waals surface area contributed by atoms with Crippen molar-refractivity contribution in [1.29, 1.82) is 0 Å². The van der Waals surface area contributed by atoms with E-state index in [9.17, 15) is 0 Å². The predicted molar refractivity (Wildman–Crippen MR) is 54.1 cm³/mol. The fraction of sp³-hybridized carbons (Fsp3) is 0.750. The summed E-state index contributed by atoms with van der Waals surface area (Å²) in [5.74, 6) is 2.28. The van der Waals surface area contributed by atoms with Gasteiger partial charge in [-0.05, 0) is 14.1 Å². The maximum Gasteiger partial charge on any atom is 0.0114 e. The fourth-order valence-electron chi connectivity index (χ4n) is 0.563. The number of rotatable bonds is 6. The monoisotopic (exact) mass is 174 g/mol. The van der Waals surface area contributed by atoms with Gasteiger partial charge in [0.05, 0.1) is 0 Å². The van der Waals surface area contributed by atoms with Gasteiger partial charge in [-0.25, -0.2) is 0 Å². The molecule has 66 valence electrons. The number of hydrogen-bond donors (Lipinski definition) is 1. The highest BCUT2D eigenvalue weighted by Crippen LogP contribution is 1.99. The molecule has 0 atom stereocenters. The average Bonchev–Trinajstić information content (AvgIpc) is 1.96. The van der Waals surface area contributed by atoms with Crippen LogP contribution in [0.4, 0.5) is 0 Å². The van der Waals surface area contributed by atoms with Crippen LogP contribution >= 0.6 is 11.8 Å². The Morgan fingerprint density at radius 1 is 1.36 bits per heavy atom. The van der Waals surface area contributed by atoms with Gasteiger partial charge in [-0.2, -0.15) is 11.8 Å². The first-order valence-electron chi connectivity index (χ1n) is 3.85. The first-order chi connectivity index (χ1) is 5.27. The van der Waals surface area contributed by atoms with E-state index in [2.05, 4.69) is 25.1 Å². The Morgan fingerprint density at radius 3 is 2.64 bits per heavy atom. The van der Waals surface area contributed by atoms with E-state index in [-0.39, 0.29) is 0 Å². The predicted octanol–water partition coefficient (Wildman–Crippen LogP) is 0.796. The maximum atomic E-state index is 5.29. The Hall–Kier alpha value is 0.01000. The minimum Gasteiger partial charge on any atom is -0.327 e. The first-order valence-corrected chi connectivity index (χ1v) is 5.00. The van der Waals surface area contributed by atoms with Gasteiger partial charge in [-0.3, -0.25) is 0 Å². The summed E-state index contributed by atoms with van der Waals surface area (Å²) in [5, 5.41) is 0. The van der Waals surface area contributed by atoms with Crippen LogP contribution in [0, 0.1) is 0 Å². The smallest absolute Gasteiger partial charge is 0.0114 e. The van der Waals surface area contributed by atoms with Gasteiger partial charge < -0.3 is 10.6 Å². The van der Waals surface area contributed by atoms with Gasteiger partial charge in [0.2, 0.25) is 0 Å². The molecule has 0 bridgehead atoms. The van der Waals surface area contributed by atoms with Crippen molar-refractivity contribution in [3.63, 3.8) is 0 Å². The van der Waals surface area contributed by atoms with E-state index < -0.39 is 0 Å². The summed E-state index contributed by atoms with van der Waals surface area (Å²) in [6.45, 7) is 1.81. The standard InChI is InChI=1S/C8H18N2S/c1-10(2)6-8-11-7-4-3-5-9/h3-4H,5-9H2,1-2H3/b4-3+. The minimum absolute atomic E-state index is 0.661. The highest BCUT2D eigenvalue weighted by Gasteiger charge is 1.88. The number of hydrogen-bond acceptors (Lipinski definition) is 3. The van der Waals surface area contributed by atoms with Crippen molar-refractivity contribution in [2.45, 2.75) is 0 Å². The molecule has 2 N–H and O–H groups in total. The van der Waals surface area contributed by atoms with Crippen LogP contribution in [0.1, 0.15) is 0 Å². The summed E-state index contributed by atoms with van der Waals surface area (Å²) in [5.41, 5.74) is 5.29. The minimum atomic E-state index is 0.661. The lowest BCUT2D eigenvalue weighted by Gasteiger charge is -2.07. The molecule has 0 rings (SSSR count). The molecular formula is C8H18N2S. The Morgan fingerprint density at radius 2 is 2.09 bits per heavy atom. The summed E-state index contributed by atoms with van der Waals surface area (Å²) >= 11 is 1.94. The Kier molecular flexibility index (Phi) is 8.12. The molecule has 0 heterocycles. The second-order valence-electron chi connectivity index (χ2n) is 2.59. The van der Waals surface area contributed by atoms with Crippen LogP contribution in [0.3, 0.4) is 0 Å².